The molecule has 0 N–H and O–H groups in total. The monoisotopic (exact) mass is 420 g/mol. The SMILES string of the molecule is COC(=O)c1c(-c2cc(OC(F)F)ccc2F)nn(-c2ccccc2)c1C(=O)OC. The Kier molecular flexibility index (Phi) is 6.05. The summed E-state index contributed by atoms with van der Waals surface area (Å²) in [7, 11) is 2.17. The second kappa shape index (κ2) is 8.68. The van der Waals surface area contributed by atoms with Crippen LogP contribution in [-0.4, -0.2) is 42.6 Å². The van der Waals surface area contributed by atoms with Gasteiger partial charge in [0.1, 0.15) is 22.8 Å². The Morgan fingerprint density at radius 2 is 1.67 bits per heavy atom. The highest BCUT2D eigenvalue weighted by atomic mass is 19.3. The predicted molar refractivity (Wildman–Crippen MR) is 98.3 cm³/mol. The average molecular weight is 420 g/mol. The molecule has 0 amide bonds. The number of alkyl halides is 2. The van der Waals surface area contributed by atoms with Crippen molar-refractivity contribution < 1.29 is 37.0 Å². The van der Waals surface area contributed by atoms with Gasteiger partial charge < -0.3 is 14.2 Å². The van der Waals surface area contributed by atoms with Crippen LogP contribution in [0.4, 0.5) is 13.2 Å². The summed E-state index contributed by atoms with van der Waals surface area (Å²) in [5, 5.41) is 4.20. The molecule has 0 aliphatic rings. The van der Waals surface area contributed by atoms with Gasteiger partial charge in [-0.1, -0.05) is 18.2 Å². The van der Waals surface area contributed by atoms with Crippen LogP contribution in [0.25, 0.3) is 16.9 Å². The third-order valence-electron chi connectivity index (χ3n) is 4.07. The summed E-state index contributed by atoms with van der Waals surface area (Å²) in [6.07, 6.45) is 0. The van der Waals surface area contributed by atoms with E-state index in [1.54, 1.807) is 30.3 Å². The quantitative estimate of drug-likeness (QED) is 0.564. The summed E-state index contributed by atoms with van der Waals surface area (Å²) in [5.74, 6) is -3.16. The summed E-state index contributed by atoms with van der Waals surface area (Å²) in [4.78, 5) is 25.0. The van der Waals surface area contributed by atoms with Crippen LogP contribution < -0.4 is 4.74 Å². The van der Waals surface area contributed by atoms with Crippen molar-refractivity contribution in [2.45, 2.75) is 6.61 Å². The Balaban J connectivity index is 2.34. The van der Waals surface area contributed by atoms with Crippen LogP contribution >= 0.6 is 0 Å². The highest BCUT2D eigenvalue weighted by Crippen LogP contribution is 2.33. The standard InChI is InChI=1S/C20H15F3N2O5/c1-28-18(26)15-16(13-10-12(30-20(22)23)8-9-14(13)21)24-25(17(15)19(27)29-2)11-6-4-3-5-7-11/h3-10,20H,1-2H3. The Hall–Kier alpha value is -3.82. The second-order valence-electron chi connectivity index (χ2n) is 5.82. The molecule has 1 heterocycles. The first kappa shape index (κ1) is 20.9. The van der Waals surface area contributed by atoms with Crippen molar-refractivity contribution in [3.05, 3.63) is 65.6 Å². The molecule has 156 valence electrons. The molecule has 0 saturated heterocycles. The van der Waals surface area contributed by atoms with Crippen LogP contribution in [0.5, 0.6) is 5.75 Å². The fourth-order valence-electron chi connectivity index (χ4n) is 2.81. The van der Waals surface area contributed by atoms with Crippen molar-refractivity contribution in [1.82, 2.24) is 9.78 Å². The number of hydrogen-bond acceptors (Lipinski definition) is 6. The van der Waals surface area contributed by atoms with Crippen molar-refractivity contribution in [3.63, 3.8) is 0 Å². The zero-order valence-electron chi connectivity index (χ0n) is 15.8. The number of ether oxygens (including phenoxy) is 3. The minimum atomic E-state index is -3.14. The van der Waals surface area contributed by atoms with Crippen molar-refractivity contribution in [3.8, 4) is 22.7 Å². The maximum Gasteiger partial charge on any atom is 0.387 e. The van der Waals surface area contributed by atoms with Crippen LogP contribution in [0.15, 0.2) is 48.5 Å². The van der Waals surface area contributed by atoms with Crippen LogP contribution in [0, 0.1) is 5.82 Å². The molecule has 1 aromatic heterocycles. The van der Waals surface area contributed by atoms with E-state index in [0.29, 0.717) is 5.69 Å². The highest BCUT2D eigenvalue weighted by Gasteiger charge is 2.32. The number of esters is 2. The van der Waals surface area contributed by atoms with Crippen molar-refractivity contribution >= 4 is 11.9 Å². The van der Waals surface area contributed by atoms with Gasteiger partial charge in [-0.25, -0.2) is 18.7 Å². The topological polar surface area (TPSA) is 79.7 Å². The van der Waals surface area contributed by atoms with Gasteiger partial charge >= 0.3 is 18.6 Å². The average Bonchev–Trinajstić information content (AvgIpc) is 3.14. The summed E-state index contributed by atoms with van der Waals surface area (Å²) in [6, 6.07) is 11.1. The van der Waals surface area contributed by atoms with Crippen LogP contribution in [0.1, 0.15) is 20.8 Å². The molecule has 0 unspecified atom stereocenters. The number of hydrogen-bond donors (Lipinski definition) is 0. The Labute approximate surface area is 168 Å². The van der Waals surface area contributed by atoms with Gasteiger partial charge in [-0.2, -0.15) is 13.9 Å². The number of carbonyl (C=O) groups is 2. The lowest BCUT2D eigenvalue weighted by molar-refractivity contribution is -0.0498. The Morgan fingerprint density at radius 3 is 2.27 bits per heavy atom. The molecule has 0 aliphatic heterocycles. The Morgan fingerprint density at radius 1 is 1.00 bits per heavy atom. The number of rotatable bonds is 6. The minimum absolute atomic E-state index is 0.302. The first-order chi connectivity index (χ1) is 14.4. The molecule has 7 nitrogen and oxygen atoms in total. The Bertz CT molecular complexity index is 1080. The van der Waals surface area contributed by atoms with Gasteiger partial charge in [0.2, 0.25) is 0 Å². The van der Waals surface area contributed by atoms with E-state index in [2.05, 4.69) is 9.84 Å². The third-order valence-corrected chi connectivity index (χ3v) is 4.07. The van der Waals surface area contributed by atoms with E-state index in [1.807, 2.05) is 0 Å². The molecule has 0 atom stereocenters. The smallest absolute Gasteiger partial charge is 0.387 e. The molecule has 3 rings (SSSR count). The highest BCUT2D eigenvalue weighted by molar-refractivity contribution is 6.06. The first-order valence-corrected chi connectivity index (χ1v) is 8.47. The number of nitrogens with zero attached hydrogens (tertiary/aromatic N) is 2. The molecule has 0 spiro atoms. The number of methoxy groups -OCH3 is 2. The first-order valence-electron chi connectivity index (χ1n) is 8.47. The molecule has 0 bridgehead atoms. The summed E-state index contributed by atoms with van der Waals surface area (Å²) < 4.78 is 54.7. The van der Waals surface area contributed by atoms with Gasteiger partial charge in [-0.3, -0.25) is 0 Å². The number of aromatic nitrogens is 2. The summed E-state index contributed by atoms with van der Waals surface area (Å²) in [6.45, 7) is -3.14. The molecule has 2 aromatic carbocycles. The molecule has 0 radical (unpaired) electrons. The van der Waals surface area contributed by atoms with Gasteiger partial charge in [0, 0.05) is 5.56 Å². The van der Waals surface area contributed by atoms with Crippen molar-refractivity contribution in [2.24, 2.45) is 0 Å². The maximum atomic E-state index is 14.6. The third kappa shape index (κ3) is 3.97. The lowest BCUT2D eigenvalue weighted by atomic mass is 10.0. The lowest BCUT2D eigenvalue weighted by Gasteiger charge is -2.08. The van der Waals surface area contributed by atoms with Gasteiger partial charge in [-0.15, -0.1) is 0 Å². The van der Waals surface area contributed by atoms with E-state index in [4.69, 9.17) is 9.47 Å². The van der Waals surface area contributed by atoms with Crippen molar-refractivity contribution in [1.29, 1.82) is 0 Å². The molecule has 30 heavy (non-hydrogen) atoms. The molecular formula is C20H15F3N2O5. The minimum Gasteiger partial charge on any atom is -0.465 e. The van der Waals surface area contributed by atoms with E-state index in [0.717, 1.165) is 37.1 Å². The molecule has 3 aromatic rings. The zero-order valence-corrected chi connectivity index (χ0v) is 15.8. The molecule has 10 heteroatoms. The van der Waals surface area contributed by atoms with Crippen molar-refractivity contribution in [2.75, 3.05) is 14.2 Å². The summed E-state index contributed by atoms with van der Waals surface area (Å²) in [5.41, 5.74) is -0.974. The van der Waals surface area contributed by atoms with E-state index in [9.17, 15) is 22.8 Å². The zero-order chi connectivity index (χ0) is 21.8. The molecular weight excluding hydrogens is 405 g/mol. The van der Waals surface area contributed by atoms with E-state index < -0.39 is 24.4 Å². The number of para-hydroxylation sites is 1. The number of carbonyl (C=O) groups excluding carboxylic acids is 2. The van der Waals surface area contributed by atoms with E-state index in [1.165, 1.54) is 0 Å². The maximum absolute atomic E-state index is 14.6. The second-order valence-corrected chi connectivity index (χ2v) is 5.82. The fraction of sp³-hybridized carbons (Fsp3) is 0.150. The summed E-state index contributed by atoms with van der Waals surface area (Å²) >= 11 is 0. The van der Waals surface area contributed by atoms with E-state index in [-0.39, 0.29) is 28.3 Å². The lowest BCUT2D eigenvalue weighted by Crippen LogP contribution is -2.15. The van der Waals surface area contributed by atoms with Gasteiger partial charge in [0.15, 0.2) is 5.69 Å². The van der Waals surface area contributed by atoms with Gasteiger partial charge in [-0.05, 0) is 30.3 Å². The van der Waals surface area contributed by atoms with Gasteiger partial charge in [0.25, 0.3) is 0 Å². The fourth-order valence-corrected chi connectivity index (χ4v) is 2.81. The van der Waals surface area contributed by atoms with Crippen LogP contribution in [-0.2, 0) is 9.47 Å². The molecule has 0 saturated carbocycles. The molecule has 0 aliphatic carbocycles. The largest absolute Gasteiger partial charge is 0.465 e. The number of halogens is 3. The van der Waals surface area contributed by atoms with Crippen LogP contribution in [0.3, 0.4) is 0 Å². The van der Waals surface area contributed by atoms with E-state index >= 15 is 0 Å². The molecule has 0 fully saturated rings. The predicted octanol–water partition coefficient (Wildman–Crippen LogP) is 3.85. The number of benzene rings is 2. The normalized spacial score (nSPS) is 10.7. The van der Waals surface area contributed by atoms with Gasteiger partial charge in [0.05, 0.1) is 19.9 Å². The van der Waals surface area contributed by atoms with Crippen LogP contribution in [0.2, 0.25) is 0 Å².